The molecule has 1 aliphatic heterocycles. The van der Waals surface area contributed by atoms with E-state index in [0.717, 1.165) is 19.3 Å². The summed E-state index contributed by atoms with van der Waals surface area (Å²) < 4.78 is 5.67. The molecule has 0 saturated carbocycles. The van der Waals surface area contributed by atoms with E-state index in [0.29, 0.717) is 37.4 Å². The number of nitrogens with one attached hydrogen (secondary N) is 2. The van der Waals surface area contributed by atoms with Crippen molar-refractivity contribution in [3.8, 4) is 0 Å². The van der Waals surface area contributed by atoms with Crippen LogP contribution in [-0.2, 0) is 24.0 Å². The summed E-state index contributed by atoms with van der Waals surface area (Å²) in [6.07, 6.45) is 6.29. The Kier molecular flexibility index (Phi) is 11.6. The largest absolute Gasteiger partial charge is 0.350 e. The highest BCUT2D eigenvalue weighted by molar-refractivity contribution is 7.13. The molecule has 0 aliphatic carbocycles. The van der Waals surface area contributed by atoms with E-state index in [1.807, 2.05) is 41.5 Å². The van der Waals surface area contributed by atoms with E-state index in [9.17, 15) is 14.4 Å². The van der Waals surface area contributed by atoms with Crippen LogP contribution in [0.15, 0.2) is 11.6 Å². The second kappa shape index (κ2) is 13.9. The molecule has 3 amide bonds. The summed E-state index contributed by atoms with van der Waals surface area (Å²) in [5, 5.41) is 9.32. The van der Waals surface area contributed by atoms with E-state index in [1.54, 1.807) is 11.6 Å². The molecule has 0 bridgehead atoms. The molecule has 2 N–H and O–H groups in total. The van der Waals surface area contributed by atoms with Crippen LogP contribution in [0.1, 0.15) is 80.1 Å². The van der Waals surface area contributed by atoms with Gasteiger partial charge in [0.1, 0.15) is 6.04 Å². The van der Waals surface area contributed by atoms with Crippen LogP contribution >= 0.6 is 11.3 Å². The van der Waals surface area contributed by atoms with Gasteiger partial charge in [-0.2, -0.15) is 0 Å². The fourth-order valence-electron chi connectivity index (χ4n) is 4.25. The highest BCUT2D eigenvalue weighted by Crippen LogP contribution is 2.28. The van der Waals surface area contributed by atoms with Gasteiger partial charge in [0.15, 0.2) is 11.4 Å². The molecule has 1 fully saturated rings. The molecule has 2 heterocycles. The second-order valence-corrected chi connectivity index (χ2v) is 11.5. The van der Waals surface area contributed by atoms with Crippen molar-refractivity contribution in [2.45, 2.75) is 98.4 Å². The van der Waals surface area contributed by atoms with Gasteiger partial charge in [-0.25, -0.2) is 14.9 Å². The first kappa shape index (κ1) is 29.2. The maximum Gasteiger partial charge on any atom is 0.249 e. The number of thiazole rings is 1. The Labute approximate surface area is 213 Å². The lowest BCUT2D eigenvalue weighted by Crippen LogP contribution is -2.56. The summed E-state index contributed by atoms with van der Waals surface area (Å²) in [4.78, 5) is 49.0. The van der Waals surface area contributed by atoms with Gasteiger partial charge >= 0.3 is 0 Å². The summed E-state index contributed by atoms with van der Waals surface area (Å²) in [7, 11) is 0. The highest BCUT2D eigenvalue weighted by atomic mass is 32.1. The van der Waals surface area contributed by atoms with Crippen molar-refractivity contribution >= 4 is 34.7 Å². The van der Waals surface area contributed by atoms with Crippen LogP contribution in [0.4, 0.5) is 5.13 Å². The Morgan fingerprint density at radius 3 is 2.57 bits per heavy atom. The third kappa shape index (κ3) is 9.16. The van der Waals surface area contributed by atoms with E-state index in [-0.39, 0.29) is 17.7 Å². The molecule has 0 radical (unpaired) electrons. The van der Waals surface area contributed by atoms with Gasteiger partial charge in [0, 0.05) is 24.6 Å². The van der Waals surface area contributed by atoms with Gasteiger partial charge < -0.3 is 15.4 Å². The first-order valence-electron chi connectivity index (χ1n) is 12.6. The third-order valence-corrected chi connectivity index (χ3v) is 6.68. The number of hydrogen-bond donors (Lipinski definition) is 2. The van der Waals surface area contributed by atoms with Crippen molar-refractivity contribution in [1.82, 2.24) is 15.4 Å². The summed E-state index contributed by atoms with van der Waals surface area (Å²) in [5.74, 6) is -0.954. The predicted molar refractivity (Wildman–Crippen MR) is 136 cm³/mol. The molecule has 35 heavy (non-hydrogen) atoms. The molecule has 2 rings (SSSR count). The van der Waals surface area contributed by atoms with E-state index in [4.69, 9.17) is 9.57 Å². The van der Waals surface area contributed by atoms with Crippen LogP contribution in [0, 0.1) is 17.3 Å². The Morgan fingerprint density at radius 2 is 2.06 bits per heavy atom. The van der Waals surface area contributed by atoms with Crippen LogP contribution in [-0.4, -0.2) is 53.3 Å². The molecule has 10 heteroatoms. The number of nitrogens with zero attached hydrogens (tertiary/aromatic N) is 2. The molecule has 0 spiro atoms. The lowest BCUT2D eigenvalue weighted by Gasteiger charge is -2.38. The monoisotopic (exact) mass is 510 g/mol. The van der Waals surface area contributed by atoms with Crippen molar-refractivity contribution < 1.29 is 24.0 Å². The molecule has 1 aromatic rings. The maximum absolute atomic E-state index is 13.7. The van der Waals surface area contributed by atoms with Crippen LogP contribution in [0.25, 0.3) is 0 Å². The standard InChI is InChI=1S/C25H42N4O5S/c1-7-10-19(29(16-30)34-20-11-8-9-13-33-20)18(15-17(2)3)22(31)27-21(25(4,5)6)23(32)28-24-26-12-14-35-24/h12,14,16-21H,7-11,13,15H2,1-6H3,(H,27,31)(H,26,28,32)/t18-,19+,20?,21-/m1/s1. The minimum atomic E-state index is -0.789. The molecule has 1 saturated heterocycles. The van der Waals surface area contributed by atoms with Gasteiger partial charge in [0.2, 0.25) is 18.2 Å². The summed E-state index contributed by atoms with van der Waals surface area (Å²) in [6.45, 7) is 12.4. The average Bonchev–Trinajstić information content (AvgIpc) is 3.30. The second-order valence-electron chi connectivity index (χ2n) is 10.6. The number of carbonyl (C=O) groups excluding carboxylic acids is 3. The lowest BCUT2D eigenvalue weighted by molar-refractivity contribution is -0.290. The number of aromatic nitrogens is 1. The fourth-order valence-corrected chi connectivity index (χ4v) is 4.78. The van der Waals surface area contributed by atoms with Gasteiger partial charge in [-0.3, -0.25) is 14.4 Å². The molecule has 1 aromatic heterocycles. The molecule has 198 valence electrons. The Hall–Kier alpha value is -2.04. The molecule has 9 nitrogen and oxygen atoms in total. The number of hydrogen-bond acceptors (Lipinski definition) is 7. The fraction of sp³-hybridized carbons (Fsp3) is 0.760. The Bertz CT molecular complexity index is 790. The zero-order valence-electron chi connectivity index (χ0n) is 21.9. The quantitative estimate of drug-likeness (QED) is 0.301. The third-order valence-electron chi connectivity index (χ3n) is 6.00. The molecule has 1 aliphatic rings. The average molecular weight is 511 g/mol. The first-order valence-corrected chi connectivity index (χ1v) is 13.5. The van der Waals surface area contributed by atoms with Crippen molar-refractivity contribution in [3.05, 3.63) is 11.6 Å². The maximum atomic E-state index is 13.7. The molecular formula is C25H42N4O5S. The summed E-state index contributed by atoms with van der Waals surface area (Å²) in [6, 6.07) is -1.27. The lowest BCUT2D eigenvalue weighted by atomic mass is 9.83. The molecule has 0 aromatic carbocycles. The number of rotatable bonds is 13. The minimum absolute atomic E-state index is 0.196. The number of anilines is 1. The zero-order valence-corrected chi connectivity index (χ0v) is 22.7. The van der Waals surface area contributed by atoms with Crippen LogP contribution in [0.3, 0.4) is 0 Å². The molecule has 4 atom stereocenters. The van der Waals surface area contributed by atoms with Gasteiger partial charge in [-0.1, -0.05) is 48.0 Å². The Morgan fingerprint density at radius 1 is 1.31 bits per heavy atom. The normalized spacial score (nSPS) is 19.0. The van der Waals surface area contributed by atoms with Gasteiger partial charge in [0.05, 0.1) is 12.0 Å². The predicted octanol–water partition coefficient (Wildman–Crippen LogP) is 4.36. The summed E-state index contributed by atoms with van der Waals surface area (Å²) >= 11 is 1.32. The number of hydroxylamine groups is 2. The minimum Gasteiger partial charge on any atom is -0.350 e. The number of carbonyl (C=O) groups is 3. The number of ether oxygens (including phenoxy) is 1. The molecule has 1 unspecified atom stereocenters. The topological polar surface area (TPSA) is 110 Å². The van der Waals surface area contributed by atoms with E-state index in [1.165, 1.54) is 16.4 Å². The number of amides is 3. The van der Waals surface area contributed by atoms with Gasteiger partial charge in [-0.05, 0) is 37.0 Å². The zero-order chi connectivity index (χ0) is 26.0. The van der Waals surface area contributed by atoms with E-state index >= 15 is 0 Å². The van der Waals surface area contributed by atoms with E-state index < -0.39 is 29.7 Å². The van der Waals surface area contributed by atoms with Crippen molar-refractivity contribution in [2.75, 3.05) is 11.9 Å². The van der Waals surface area contributed by atoms with Crippen molar-refractivity contribution in [1.29, 1.82) is 0 Å². The van der Waals surface area contributed by atoms with Crippen LogP contribution in [0.5, 0.6) is 0 Å². The van der Waals surface area contributed by atoms with Crippen molar-refractivity contribution in [3.63, 3.8) is 0 Å². The highest BCUT2D eigenvalue weighted by Gasteiger charge is 2.39. The summed E-state index contributed by atoms with van der Waals surface area (Å²) in [5.41, 5.74) is -0.545. The van der Waals surface area contributed by atoms with Crippen molar-refractivity contribution in [2.24, 2.45) is 17.3 Å². The van der Waals surface area contributed by atoms with Crippen LogP contribution in [0.2, 0.25) is 0 Å². The Balaban J connectivity index is 2.26. The first-order chi connectivity index (χ1) is 16.6. The molecular weight excluding hydrogens is 468 g/mol. The van der Waals surface area contributed by atoms with Gasteiger partial charge in [-0.15, -0.1) is 11.3 Å². The smallest absolute Gasteiger partial charge is 0.249 e. The SMILES string of the molecule is CCC[C@@H]([C@@H](CC(C)C)C(=O)N[C@H](C(=O)Nc1nccs1)C(C)(C)C)N(C=O)OC1CCCCO1. The van der Waals surface area contributed by atoms with Gasteiger partial charge in [0.25, 0.3) is 0 Å². The van der Waals surface area contributed by atoms with E-state index in [2.05, 4.69) is 15.6 Å². The van der Waals surface area contributed by atoms with Crippen LogP contribution < -0.4 is 10.6 Å².